The number of carbonyl (C=O) groups excluding carboxylic acids is 1. The van der Waals surface area contributed by atoms with Crippen LogP contribution >= 0.6 is 11.6 Å². The van der Waals surface area contributed by atoms with Crippen molar-refractivity contribution in [3.63, 3.8) is 0 Å². The molecule has 3 aromatic carbocycles. The Hall–Kier alpha value is -3.24. The molecule has 1 atom stereocenters. The molecule has 33 heavy (non-hydrogen) atoms. The number of benzene rings is 3. The van der Waals surface area contributed by atoms with Crippen molar-refractivity contribution in [1.82, 2.24) is 9.88 Å². The predicted molar refractivity (Wildman–Crippen MR) is 136 cm³/mol. The van der Waals surface area contributed by atoms with E-state index in [9.17, 15) is 4.79 Å². The van der Waals surface area contributed by atoms with Gasteiger partial charge in [-0.05, 0) is 47.9 Å². The van der Waals surface area contributed by atoms with E-state index < -0.39 is 0 Å². The second-order valence-corrected chi connectivity index (χ2v) is 9.19. The lowest BCUT2D eigenvalue weighted by molar-refractivity contribution is -0.131. The van der Waals surface area contributed by atoms with Gasteiger partial charge in [0.25, 0.3) is 0 Å². The molecule has 1 aliphatic heterocycles. The van der Waals surface area contributed by atoms with Gasteiger partial charge in [0.1, 0.15) is 0 Å². The molecule has 0 radical (unpaired) electrons. The highest BCUT2D eigenvalue weighted by Crippen LogP contribution is 2.35. The molecule has 1 saturated heterocycles. The molecule has 1 unspecified atom stereocenters. The molecule has 168 valence electrons. The Kier molecular flexibility index (Phi) is 6.10. The summed E-state index contributed by atoms with van der Waals surface area (Å²) >= 11 is 6.33. The first-order valence-electron chi connectivity index (χ1n) is 11.5. The van der Waals surface area contributed by atoms with Crippen molar-refractivity contribution < 1.29 is 4.79 Å². The van der Waals surface area contributed by atoms with Crippen LogP contribution in [0.1, 0.15) is 29.0 Å². The molecule has 1 N–H and O–H groups in total. The van der Waals surface area contributed by atoms with Crippen LogP contribution < -0.4 is 4.90 Å². The highest BCUT2D eigenvalue weighted by atomic mass is 35.5. The Bertz CT molecular complexity index is 1270. The van der Waals surface area contributed by atoms with E-state index in [4.69, 9.17) is 11.6 Å². The van der Waals surface area contributed by atoms with Gasteiger partial charge in [0, 0.05) is 66.3 Å². The number of aromatic nitrogens is 1. The molecule has 0 saturated carbocycles. The number of aryl methyl sites for hydroxylation is 1. The van der Waals surface area contributed by atoms with E-state index >= 15 is 0 Å². The van der Waals surface area contributed by atoms with Crippen LogP contribution in [0.5, 0.6) is 0 Å². The Balaban J connectivity index is 1.36. The Labute approximate surface area is 199 Å². The van der Waals surface area contributed by atoms with Gasteiger partial charge in [-0.3, -0.25) is 4.79 Å². The zero-order valence-corrected chi connectivity index (χ0v) is 19.6. The molecule has 0 aliphatic carbocycles. The van der Waals surface area contributed by atoms with Crippen LogP contribution in [0.3, 0.4) is 0 Å². The highest BCUT2D eigenvalue weighted by Gasteiger charge is 2.27. The second-order valence-electron chi connectivity index (χ2n) is 8.76. The summed E-state index contributed by atoms with van der Waals surface area (Å²) in [5, 5.41) is 1.84. The largest absolute Gasteiger partial charge is 0.368 e. The fraction of sp³-hybridized carbons (Fsp3) is 0.250. The second kappa shape index (κ2) is 9.32. The van der Waals surface area contributed by atoms with Gasteiger partial charge in [0.05, 0.1) is 0 Å². The smallest absolute Gasteiger partial charge is 0.223 e. The fourth-order valence-corrected chi connectivity index (χ4v) is 5.13. The highest BCUT2D eigenvalue weighted by molar-refractivity contribution is 6.30. The van der Waals surface area contributed by atoms with Gasteiger partial charge < -0.3 is 14.8 Å². The molecule has 0 bridgehead atoms. The monoisotopic (exact) mass is 457 g/mol. The van der Waals surface area contributed by atoms with Crippen molar-refractivity contribution in [2.75, 3.05) is 31.1 Å². The third-order valence-corrected chi connectivity index (χ3v) is 6.95. The third-order valence-electron chi connectivity index (χ3n) is 6.71. The van der Waals surface area contributed by atoms with Gasteiger partial charge in [0.15, 0.2) is 0 Å². The minimum Gasteiger partial charge on any atom is -0.368 e. The minimum absolute atomic E-state index is 0.0539. The number of anilines is 1. The molecule has 4 nitrogen and oxygen atoms in total. The number of rotatable bonds is 5. The molecular weight excluding hydrogens is 430 g/mol. The quantitative estimate of drug-likeness (QED) is 0.399. The number of hydrogen-bond acceptors (Lipinski definition) is 2. The number of aromatic amines is 1. The van der Waals surface area contributed by atoms with Crippen molar-refractivity contribution >= 4 is 34.1 Å². The van der Waals surface area contributed by atoms with Gasteiger partial charge in [-0.15, -0.1) is 0 Å². The molecule has 5 heteroatoms. The van der Waals surface area contributed by atoms with Crippen molar-refractivity contribution in [2.45, 2.75) is 19.3 Å². The molecule has 0 spiro atoms. The maximum Gasteiger partial charge on any atom is 0.223 e. The van der Waals surface area contributed by atoms with E-state index in [0.717, 1.165) is 48.2 Å². The molecule has 1 aliphatic rings. The SMILES string of the molecule is Cc1ccccc1N1CCN(C(=O)CC(c2cccc(Cl)c2)c2c[nH]c3ccccc23)CC1. The minimum atomic E-state index is -0.0539. The number of hydrogen-bond donors (Lipinski definition) is 1. The van der Waals surface area contributed by atoms with Gasteiger partial charge in [-0.1, -0.05) is 60.1 Å². The number of nitrogens with one attached hydrogen (secondary N) is 1. The summed E-state index contributed by atoms with van der Waals surface area (Å²) in [7, 11) is 0. The van der Waals surface area contributed by atoms with Crippen molar-refractivity contribution in [2.24, 2.45) is 0 Å². The average Bonchev–Trinajstić information content (AvgIpc) is 3.27. The Morgan fingerprint density at radius 3 is 2.52 bits per heavy atom. The average molecular weight is 458 g/mol. The van der Waals surface area contributed by atoms with E-state index in [1.807, 2.05) is 41.4 Å². The zero-order valence-electron chi connectivity index (χ0n) is 18.8. The predicted octanol–water partition coefficient (Wildman–Crippen LogP) is 6.00. The van der Waals surface area contributed by atoms with E-state index in [1.54, 1.807) is 0 Å². The molecule has 1 aromatic heterocycles. The van der Waals surface area contributed by atoms with Crippen LogP contribution in [-0.4, -0.2) is 42.0 Å². The summed E-state index contributed by atoms with van der Waals surface area (Å²) in [6.45, 7) is 5.33. The van der Waals surface area contributed by atoms with E-state index in [-0.39, 0.29) is 11.8 Å². The standard InChI is InChI=1S/C28H28ClN3O/c1-20-7-2-5-12-27(20)31-13-15-32(16-14-31)28(33)18-24(21-8-6-9-22(29)17-21)25-19-30-26-11-4-3-10-23(25)26/h2-12,17,19,24,30H,13-16,18H2,1H3. The Morgan fingerprint density at radius 1 is 0.970 bits per heavy atom. The van der Waals surface area contributed by atoms with Crippen LogP contribution in [0.25, 0.3) is 10.9 Å². The summed E-state index contributed by atoms with van der Waals surface area (Å²) in [6.07, 6.45) is 2.46. The molecule has 1 amide bonds. The number of halogens is 1. The summed E-state index contributed by atoms with van der Waals surface area (Å²) in [4.78, 5) is 21.2. The summed E-state index contributed by atoms with van der Waals surface area (Å²) in [5.74, 6) is 0.136. The van der Waals surface area contributed by atoms with E-state index in [0.29, 0.717) is 11.4 Å². The van der Waals surface area contributed by atoms with Crippen molar-refractivity contribution in [3.05, 3.63) is 101 Å². The number of carbonyl (C=O) groups is 1. The van der Waals surface area contributed by atoms with Crippen molar-refractivity contribution in [1.29, 1.82) is 0 Å². The third kappa shape index (κ3) is 4.49. The number of H-pyrrole nitrogens is 1. The van der Waals surface area contributed by atoms with Crippen LogP contribution in [0.15, 0.2) is 79.0 Å². The Morgan fingerprint density at radius 2 is 1.73 bits per heavy atom. The van der Waals surface area contributed by atoms with E-state index in [2.05, 4.69) is 59.3 Å². The summed E-state index contributed by atoms with van der Waals surface area (Å²) in [6, 6.07) is 24.6. The van der Waals surface area contributed by atoms with Gasteiger partial charge >= 0.3 is 0 Å². The van der Waals surface area contributed by atoms with Crippen LogP contribution in [0.4, 0.5) is 5.69 Å². The number of piperazine rings is 1. The van der Waals surface area contributed by atoms with Gasteiger partial charge in [-0.2, -0.15) is 0 Å². The fourth-order valence-electron chi connectivity index (χ4n) is 4.93. The lowest BCUT2D eigenvalue weighted by atomic mass is 9.87. The number of para-hydroxylation sites is 2. The normalized spacial score (nSPS) is 15.1. The summed E-state index contributed by atoms with van der Waals surface area (Å²) < 4.78 is 0. The van der Waals surface area contributed by atoms with Gasteiger partial charge in [0.2, 0.25) is 5.91 Å². The molecule has 5 rings (SSSR count). The van der Waals surface area contributed by atoms with E-state index in [1.165, 1.54) is 11.3 Å². The maximum absolute atomic E-state index is 13.5. The lowest BCUT2D eigenvalue weighted by Crippen LogP contribution is -2.49. The van der Waals surface area contributed by atoms with Gasteiger partial charge in [-0.25, -0.2) is 0 Å². The maximum atomic E-state index is 13.5. The number of amides is 1. The first-order valence-corrected chi connectivity index (χ1v) is 11.9. The summed E-state index contributed by atoms with van der Waals surface area (Å²) in [5.41, 5.74) is 5.83. The molecule has 1 fully saturated rings. The van der Waals surface area contributed by atoms with Crippen molar-refractivity contribution in [3.8, 4) is 0 Å². The number of nitrogens with zero attached hydrogens (tertiary/aromatic N) is 2. The topological polar surface area (TPSA) is 39.3 Å². The van der Waals surface area contributed by atoms with Crippen LogP contribution in [0.2, 0.25) is 5.02 Å². The molecule has 2 heterocycles. The van der Waals surface area contributed by atoms with Crippen LogP contribution in [0, 0.1) is 6.92 Å². The van der Waals surface area contributed by atoms with Crippen LogP contribution in [-0.2, 0) is 4.79 Å². The molecule has 4 aromatic rings. The number of fused-ring (bicyclic) bond motifs is 1. The first kappa shape index (κ1) is 21.6. The zero-order chi connectivity index (χ0) is 22.8. The first-order chi connectivity index (χ1) is 16.1. The lowest BCUT2D eigenvalue weighted by Gasteiger charge is -2.37. The molecular formula is C28H28ClN3O.